The zero-order valence-electron chi connectivity index (χ0n) is 14.3. The largest absolute Gasteiger partial charge is 0.496 e. The Morgan fingerprint density at radius 2 is 1.68 bits per heavy atom. The van der Waals surface area contributed by atoms with Gasteiger partial charge in [-0.25, -0.2) is 0 Å². The molecule has 0 bridgehead atoms. The zero-order chi connectivity index (χ0) is 16.8. The van der Waals surface area contributed by atoms with Gasteiger partial charge in [-0.2, -0.15) is 0 Å². The molecule has 0 aromatic heterocycles. The van der Waals surface area contributed by atoms with Gasteiger partial charge in [0, 0.05) is 18.2 Å². The molecule has 0 heterocycles. The molecular formula is C21H24ClNO2. The Morgan fingerprint density at radius 1 is 0.960 bits per heavy atom. The Bertz CT molecular complexity index is 792. The third-order valence-corrected chi connectivity index (χ3v) is 4.28. The first kappa shape index (κ1) is 19.3. The first-order chi connectivity index (χ1) is 11.8. The minimum atomic E-state index is 0. The molecule has 25 heavy (non-hydrogen) atoms. The molecule has 0 spiro atoms. The predicted molar refractivity (Wildman–Crippen MR) is 106 cm³/mol. The van der Waals surface area contributed by atoms with Gasteiger partial charge < -0.3 is 15.2 Å². The van der Waals surface area contributed by atoms with E-state index in [1.165, 1.54) is 16.3 Å². The van der Waals surface area contributed by atoms with E-state index in [0.717, 1.165) is 17.7 Å². The third kappa shape index (κ3) is 4.51. The summed E-state index contributed by atoms with van der Waals surface area (Å²) in [4.78, 5) is 0. The molecule has 3 rings (SSSR count). The molecular weight excluding hydrogens is 334 g/mol. The monoisotopic (exact) mass is 357 g/mol. The SMILES string of the molecule is COc1ccc2ccccc2c1C(Cc1ccccc1)NCCO.Cl. The van der Waals surface area contributed by atoms with Crippen molar-refractivity contribution in [3.8, 4) is 5.75 Å². The number of aliphatic hydroxyl groups excluding tert-OH is 1. The highest BCUT2D eigenvalue weighted by atomic mass is 35.5. The van der Waals surface area contributed by atoms with Gasteiger partial charge in [0.15, 0.2) is 0 Å². The molecule has 0 radical (unpaired) electrons. The summed E-state index contributed by atoms with van der Waals surface area (Å²) in [5.41, 5.74) is 2.40. The average Bonchev–Trinajstić information content (AvgIpc) is 2.65. The number of nitrogens with one attached hydrogen (secondary N) is 1. The minimum absolute atomic E-state index is 0. The lowest BCUT2D eigenvalue weighted by molar-refractivity contribution is 0.283. The summed E-state index contributed by atoms with van der Waals surface area (Å²) < 4.78 is 5.65. The van der Waals surface area contributed by atoms with E-state index < -0.39 is 0 Å². The first-order valence-corrected chi connectivity index (χ1v) is 8.27. The lowest BCUT2D eigenvalue weighted by atomic mass is 9.93. The van der Waals surface area contributed by atoms with Crippen LogP contribution in [0.4, 0.5) is 0 Å². The second kappa shape index (κ2) is 9.42. The average molecular weight is 358 g/mol. The highest BCUT2D eigenvalue weighted by Gasteiger charge is 2.19. The summed E-state index contributed by atoms with van der Waals surface area (Å²) in [5.74, 6) is 0.875. The van der Waals surface area contributed by atoms with E-state index in [4.69, 9.17) is 4.74 Å². The number of methoxy groups -OCH3 is 1. The summed E-state index contributed by atoms with van der Waals surface area (Å²) in [7, 11) is 1.71. The van der Waals surface area contributed by atoms with Crippen molar-refractivity contribution in [3.05, 3.63) is 77.9 Å². The van der Waals surface area contributed by atoms with E-state index in [1.54, 1.807) is 7.11 Å². The lowest BCUT2D eigenvalue weighted by Gasteiger charge is -2.23. The predicted octanol–water partition coefficient (Wildman–Crippen LogP) is 4.14. The van der Waals surface area contributed by atoms with Crippen molar-refractivity contribution < 1.29 is 9.84 Å². The van der Waals surface area contributed by atoms with E-state index in [9.17, 15) is 5.11 Å². The molecule has 0 fully saturated rings. The van der Waals surface area contributed by atoms with Gasteiger partial charge in [-0.3, -0.25) is 0 Å². The Labute approximate surface area is 155 Å². The smallest absolute Gasteiger partial charge is 0.124 e. The highest BCUT2D eigenvalue weighted by Crippen LogP contribution is 2.34. The number of benzene rings is 3. The molecule has 0 aliphatic rings. The number of halogens is 1. The van der Waals surface area contributed by atoms with Crippen molar-refractivity contribution in [2.45, 2.75) is 12.5 Å². The van der Waals surface area contributed by atoms with Gasteiger partial charge in [0.05, 0.1) is 13.7 Å². The van der Waals surface area contributed by atoms with Gasteiger partial charge >= 0.3 is 0 Å². The molecule has 0 saturated carbocycles. The maximum absolute atomic E-state index is 9.27. The van der Waals surface area contributed by atoms with E-state index in [-0.39, 0.29) is 25.1 Å². The zero-order valence-corrected chi connectivity index (χ0v) is 15.1. The van der Waals surface area contributed by atoms with Crippen molar-refractivity contribution in [3.63, 3.8) is 0 Å². The van der Waals surface area contributed by atoms with Crippen LogP contribution in [0.25, 0.3) is 10.8 Å². The summed E-state index contributed by atoms with van der Waals surface area (Å²) in [5, 5.41) is 15.1. The van der Waals surface area contributed by atoms with E-state index in [1.807, 2.05) is 18.2 Å². The van der Waals surface area contributed by atoms with Crippen molar-refractivity contribution >= 4 is 23.2 Å². The number of ether oxygens (including phenoxy) is 1. The van der Waals surface area contributed by atoms with Gasteiger partial charge in [0.2, 0.25) is 0 Å². The molecule has 3 aromatic rings. The van der Waals surface area contributed by atoms with Crippen molar-refractivity contribution in [1.29, 1.82) is 0 Å². The van der Waals surface area contributed by atoms with Crippen molar-refractivity contribution in [2.24, 2.45) is 0 Å². The van der Waals surface area contributed by atoms with Crippen LogP contribution in [0.5, 0.6) is 5.75 Å². The molecule has 1 unspecified atom stereocenters. The number of hydrogen-bond donors (Lipinski definition) is 2. The van der Waals surface area contributed by atoms with Crippen LogP contribution in [0.1, 0.15) is 17.2 Å². The topological polar surface area (TPSA) is 41.5 Å². The fourth-order valence-corrected chi connectivity index (χ4v) is 3.18. The highest BCUT2D eigenvalue weighted by molar-refractivity contribution is 5.88. The second-order valence-electron chi connectivity index (χ2n) is 5.82. The lowest BCUT2D eigenvalue weighted by Crippen LogP contribution is -2.27. The molecule has 132 valence electrons. The van der Waals surface area contributed by atoms with Crippen LogP contribution in [0.15, 0.2) is 66.7 Å². The molecule has 3 aromatic carbocycles. The Kier molecular flexibility index (Phi) is 7.26. The van der Waals surface area contributed by atoms with Crippen molar-refractivity contribution in [2.75, 3.05) is 20.3 Å². The number of hydrogen-bond acceptors (Lipinski definition) is 3. The normalized spacial score (nSPS) is 11.8. The van der Waals surface area contributed by atoms with Crippen LogP contribution >= 0.6 is 12.4 Å². The molecule has 3 nitrogen and oxygen atoms in total. The summed E-state index contributed by atoms with van der Waals surface area (Å²) in [6.07, 6.45) is 0.838. The van der Waals surface area contributed by atoms with E-state index >= 15 is 0 Å². The van der Waals surface area contributed by atoms with Gasteiger partial charge in [0.25, 0.3) is 0 Å². The summed E-state index contributed by atoms with van der Waals surface area (Å²) in [6.45, 7) is 0.655. The van der Waals surface area contributed by atoms with Crippen LogP contribution < -0.4 is 10.1 Å². The summed E-state index contributed by atoms with van der Waals surface area (Å²) in [6, 6.07) is 22.9. The summed E-state index contributed by atoms with van der Waals surface area (Å²) >= 11 is 0. The minimum Gasteiger partial charge on any atom is -0.496 e. The van der Waals surface area contributed by atoms with Gasteiger partial charge in [0.1, 0.15) is 5.75 Å². The maximum Gasteiger partial charge on any atom is 0.124 e. The Balaban J connectivity index is 0.00000225. The fourth-order valence-electron chi connectivity index (χ4n) is 3.18. The number of fused-ring (bicyclic) bond motifs is 1. The van der Waals surface area contributed by atoms with Gasteiger partial charge in [-0.1, -0.05) is 60.7 Å². The van der Waals surface area contributed by atoms with Crippen LogP contribution in [0, 0.1) is 0 Å². The second-order valence-corrected chi connectivity index (χ2v) is 5.82. The molecule has 4 heteroatoms. The first-order valence-electron chi connectivity index (χ1n) is 8.27. The standard InChI is InChI=1S/C21H23NO2.ClH/c1-24-20-12-11-17-9-5-6-10-18(17)21(20)19(22-13-14-23)15-16-7-3-2-4-8-16;/h2-12,19,22-23H,13-15H2,1H3;1H. The Hall–Kier alpha value is -2.07. The van der Waals surface area contributed by atoms with E-state index in [2.05, 4.69) is 53.8 Å². The fraction of sp³-hybridized carbons (Fsp3) is 0.238. The van der Waals surface area contributed by atoms with Gasteiger partial charge in [-0.15, -0.1) is 12.4 Å². The maximum atomic E-state index is 9.27. The molecule has 0 saturated heterocycles. The third-order valence-electron chi connectivity index (χ3n) is 4.28. The van der Waals surface area contributed by atoms with Crippen LogP contribution in [-0.2, 0) is 6.42 Å². The van der Waals surface area contributed by atoms with Crippen LogP contribution in [0.3, 0.4) is 0 Å². The molecule has 1 atom stereocenters. The van der Waals surface area contributed by atoms with E-state index in [0.29, 0.717) is 6.54 Å². The molecule has 2 N–H and O–H groups in total. The van der Waals surface area contributed by atoms with Crippen molar-refractivity contribution in [1.82, 2.24) is 5.32 Å². The van der Waals surface area contributed by atoms with Crippen LogP contribution in [-0.4, -0.2) is 25.4 Å². The molecule has 0 aliphatic carbocycles. The number of rotatable bonds is 7. The number of aliphatic hydroxyl groups is 1. The Morgan fingerprint density at radius 3 is 2.40 bits per heavy atom. The quantitative estimate of drug-likeness (QED) is 0.667. The van der Waals surface area contributed by atoms with Crippen LogP contribution in [0.2, 0.25) is 0 Å². The molecule has 0 aliphatic heterocycles. The molecule has 0 amide bonds. The van der Waals surface area contributed by atoms with Gasteiger partial charge in [-0.05, 0) is 28.8 Å².